The summed E-state index contributed by atoms with van der Waals surface area (Å²) in [6, 6.07) is 4.67. The molecule has 1 amide bonds. The molecule has 0 radical (unpaired) electrons. The smallest absolute Gasteiger partial charge is 0.256 e. The van der Waals surface area contributed by atoms with Gasteiger partial charge in [0, 0.05) is 22.7 Å². The summed E-state index contributed by atoms with van der Waals surface area (Å²) in [7, 11) is 1.73. The van der Waals surface area contributed by atoms with Gasteiger partial charge in [-0.2, -0.15) is 5.10 Å². The molecule has 0 aliphatic carbocycles. The molecule has 18 heavy (non-hydrogen) atoms. The highest BCUT2D eigenvalue weighted by Crippen LogP contribution is 2.23. The summed E-state index contributed by atoms with van der Waals surface area (Å²) in [4.78, 5) is 12.0. The van der Waals surface area contributed by atoms with E-state index in [-0.39, 0.29) is 5.91 Å². The molecule has 4 nitrogen and oxygen atoms in total. The van der Waals surface area contributed by atoms with Crippen LogP contribution in [0.5, 0.6) is 0 Å². The third-order valence-electron chi connectivity index (χ3n) is 2.25. The second kappa shape index (κ2) is 5.30. The van der Waals surface area contributed by atoms with Crippen molar-refractivity contribution in [3.05, 3.63) is 44.5 Å². The SMILES string of the molecule is Cn1ncc(Br)c1NC(=O)c1cc(Cl)cc(Cl)c1. The maximum absolute atomic E-state index is 12.0. The molecular formula is C11H8BrCl2N3O. The van der Waals surface area contributed by atoms with Crippen LogP contribution in [0.1, 0.15) is 10.4 Å². The Labute approximate surface area is 122 Å². The Kier molecular flexibility index (Phi) is 3.94. The van der Waals surface area contributed by atoms with Crippen molar-refractivity contribution in [1.29, 1.82) is 0 Å². The molecule has 0 saturated heterocycles. The van der Waals surface area contributed by atoms with E-state index < -0.39 is 0 Å². The van der Waals surface area contributed by atoms with E-state index in [0.717, 1.165) is 0 Å². The maximum Gasteiger partial charge on any atom is 0.256 e. The number of nitrogens with zero attached hydrogens (tertiary/aromatic N) is 2. The highest BCUT2D eigenvalue weighted by Gasteiger charge is 2.12. The van der Waals surface area contributed by atoms with Crippen molar-refractivity contribution in [3.63, 3.8) is 0 Å². The highest BCUT2D eigenvalue weighted by atomic mass is 79.9. The minimum atomic E-state index is -0.302. The van der Waals surface area contributed by atoms with Gasteiger partial charge in [0.05, 0.1) is 10.7 Å². The van der Waals surface area contributed by atoms with Gasteiger partial charge in [0.1, 0.15) is 5.82 Å². The normalized spacial score (nSPS) is 10.4. The fraction of sp³-hybridized carbons (Fsp3) is 0.0909. The Balaban J connectivity index is 2.27. The number of nitrogens with one attached hydrogen (secondary N) is 1. The summed E-state index contributed by atoms with van der Waals surface area (Å²) in [5, 5.41) is 7.55. The van der Waals surface area contributed by atoms with Crippen LogP contribution in [0, 0.1) is 0 Å². The van der Waals surface area contributed by atoms with Crippen LogP contribution in [0.2, 0.25) is 10.0 Å². The summed E-state index contributed by atoms with van der Waals surface area (Å²) in [6.07, 6.45) is 1.60. The average molecular weight is 349 g/mol. The Morgan fingerprint density at radius 1 is 1.33 bits per heavy atom. The van der Waals surface area contributed by atoms with E-state index in [1.54, 1.807) is 36.1 Å². The molecule has 0 fully saturated rings. The molecule has 2 rings (SSSR count). The van der Waals surface area contributed by atoms with E-state index in [1.165, 1.54) is 0 Å². The van der Waals surface area contributed by atoms with E-state index in [0.29, 0.717) is 25.9 Å². The first-order chi connectivity index (χ1) is 8.47. The van der Waals surface area contributed by atoms with Crippen LogP contribution in [0.4, 0.5) is 5.82 Å². The molecule has 1 N–H and O–H groups in total. The van der Waals surface area contributed by atoms with E-state index in [1.807, 2.05) is 0 Å². The Bertz CT molecular complexity index is 573. The van der Waals surface area contributed by atoms with E-state index >= 15 is 0 Å². The molecule has 1 heterocycles. The summed E-state index contributed by atoms with van der Waals surface area (Å²) >= 11 is 15.0. The van der Waals surface area contributed by atoms with Crippen LogP contribution in [0.3, 0.4) is 0 Å². The van der Waals surface area contributed by atoms with Gasteiger partial charge < -0.3 is 5.32 Å². The second-order valence-corrected chi connectivity index (χ2v) is 5.30. The van der Waals surface area contributed by atoms with Crippen LogP contribution < -0.4 is 5.32 Å². The number of hydrogen-bond acceptors (Lipinski definition) is 2. The summed E-state index contributed by atoms with van der Waals surface area (Å²) in [5.41, 5.74) is 0.389. The monoisotopic (exact) mass is 347 g/mol. The number of amides is 1. The number of anilines is 1. The van der Waals surface area contributed by atoms with Gasteiger partial charge >= 0.3 is 0 Å². The number of halogens is 3. The maximum atomic E-state index is 12.0. The molecule has 94 valence electrons. The first-order valence-corrected chi connectivity index (χ1v) is 6.47. The zero-order valence-corrected chi connectivity index (χ0v) is 12.3. The number of benzene rings is 1. The van der Waals surface area contributed by atoms with Crippen molar-refractivity contribution in [2.24, 2.45) is 7.05 Å². The molecule has 0 aliphatic rings. The van der Waals surface area contributed by atoms with E-state index in [4.69, 9.17) is 23.2 Å². The molecule has 0 aliphatic heterocycles. The molecule has 2 aromatic rings. The van der Waals surface area contributed by atoms with Crippen molar-refractivity contribution in [2.45, 2.75) is 0 Å². The molecule has 0 spiro atoms. The van der Waals surface area contributed by atoms with Crippen molar-refractivity contribution < 1.29 is 4.79 Å². The lowest BCUT2D eigenvalue weighted by Crippen LogP contribution is -2.15. The molecule has 0 saturated carbocycles. The highest BCUT2D eigenvalue weighted by molar-refractivity contribution is 9.10. The first-order valence-electron chi connectivity index (χ1n) is 4.92. The van der Waals surface area contributed by atoms with E-state index in [2.05, 4.69) is 26.3 Å². The van der Waals surface area contributed by atoms with E-state index in [9.17, 15) is 4.79 Å². The third kappa shape index (κ3) is 2.85. The largest absolute Gasteiger partial charge is 0.306 e. The minimum absolute atomic E-state index is 0.302. The Morgan fingerprint density at radius 3 is 2.44 bits per heavy atom. The molecular weight excluding hydrogens is 341 g/mol. The lowest BCUT2D eigenvalue weighted by Gasteiger charge is -2.07. The van der Waals surface area contributed by atoms with Gasteiger partial charge in [-0.15, -0.1) is 0 Å². The van der Waals surface area contributed by atoms with Gasteiger partial charge in [0.25, 0.3) is 5.91 Å². The summed E-state index contributed by atoms with van der Waals surface area (Å²) < 4.78 is 2.25. The Hall–Kier alpha value is -1.04. The predicted octanol–water partition coefficient (Wildman–Crippen LogP) is 3.74. The second-order valence-electron chi connectivity index (χ2n) is 3.58. The topological polar surface area (TPSA) is 46.9 Å². The van der Waals surface area contributed by atoms with Crippen molar-refractivity contribution in [3.8, 4) is 0 Å². The van der Waals surface area contributed by atoms with Gasteiger partial charge in [-0.1, -0.05) is 23.2 Å². The van der Waals surface area contributed by atoms with Gasteiger partial charge in [0.15, 0.2) is 0 Å². The fourth-order valence-electron chi connectivity index (χ4n) is 1.42. The number of carbonyl (C=O) groups excluding carboxylic acids is 1. The fourth-order valence-corrected chi connectivity index (χ4v) is 2.39. The number of aromatic nitrogens is 2. The van der Waals surface area contributed by atoms with Crippen LogP contribution in [0.15, 0.2) is 28.9 Å². The van der Waals surface area contributed by atoms with Crippen LogP contribution in [0.25, 0.3) is 0 Å². The number of rotatable bonds is 2. The number of aryl methyl sites for hydroxylation is 1. The number of carbonyl (C=O) groups is 1. The molecule has 7 heteroatoms. The van der Waals surface area contributed by atoms with Crippen LogP contribution in [-0.2, 0) is 7.05 Å². The van der Waals surface area contributed by atoms with Gasteiger partial charge in [-0.05, 0) is 34.1 Å². The molecule has 1 aromatic carbocycles. The van der Waals surface area contributed by atoms with Crippen LogP contribution in [-0.4, -0.2) is 15.7 Å². The lowest BCUT2D eigenvalue weighted by atomic mass is 10.2. The Morgan fingerprint density at radius 2 is 1.94 bits per heavy atom. The average Bonchev–Trinajstić information content (AvgIpc) is 2.59. The number of hydrogen-bond donors (Lipinski definition) is 1. The zero-order chi connectivity index (χ0) is 13.3. The van der Waals surface area contributed by atoms with Gasteiger partial charge in [0.2, 0.25) is 0 Å². The molecule has 0 bridgehead atoms. The van der Waals surface area contributed by atoms with Gasteiger partial charge in [-0.3, -0.25) is 9.48 Å². The van der Waals surface area contributed by atoms with Crippen molar-refractivity contribution >= 4 is 50.9 Å². The molecule has 0 unspecified atom stereocenters. The van der Waals surface area contributed by atoms with Gasteiger partial charge in [-0.25, -0.2) is 0 Å². The summed E-state index contributed by atoms with van der Waals surface area (Å²) in [5.74, 6) is 0.264. The molecule has 1 aromatic heterocycles. The van der Waals surface area contributed by atoms with Crippen molar-refractivity contribution in [2.75, 3.05) is 5.32 Å². The summed E-state index contributed by atoms with van der Waals surface area (Å²) in [6.45, 7) is 0. The standard InChI is InChI=1S/C11H8BrCl2N3O/c1-17-10(9(12)5-15-17)16-11(18)6-2-7(13)4-8(14)3-6/h2-5H,1H3,(H,16,18). The lowest BCUT2D eigenvalue weighted by molar-refractivity contribution is 0.102. The third-order valence-corrected chi connectivity index (χ3v) is 3.27. The first kappa shape index (κ1) is 13.4. The van der Waals surface area contributed by atoms with Crippen molar-refractivity contribution in [1.82, 2.24) is 9.78 Å². The molecule has 0 atom stereocenters. The quantitative estimate of drug-likeness (QED) is 0.898. The zero-order valence-electron chi connectivity index (χ0n) is 9.25. The predicted molar refractivity (Wildman–Crippen MR) is 75.3 cm³/mol. The minimum Gasteiger partial charge on any atom is -0.306 e. The van der Waals surface area contributed by atoms with Crippen LogP contribution >= 0.6 is 39.1 Å².